The molecule has 2 aromatic carbocycles. The molecule has 0 spiro atoms. The summed E-state index contributed by atoms with van der Waals surface area (Å²) in [5.41, 5.74) is 1.86. The van der Waals surface area contributed by atoms with E-state index in [-0.39, 0.29) is 18.9 Å². The Morgan fingerprint density at radius 1 is 1.00 bits per heavy atom. The van der Waals surface area contributed by atoms with Crippen LogP contribution in [0, 0.1) is 0 Å². The maximum Gasteiger partial charge on any atom is 0.319 e. The van der Waals surface area contributed by atoms with E-state index in [0.29, 0.717) is 25.2 Å². The molecule has 3 aromatic rings. The van der Waals surface area contributed by atoms with Crippen LogP contribution in [-0.4, -0.2) is 56.1 Å². The van der Waals surface area contributed by atoms with E-state index in [0.717, 1.165) is 54.3 Å². The fraction of sp³-hybridized carbons (Fsp3) is 0.417. The second-order valence-corrected chi connectivity index (χ2v) is 9.13. The first-order chi connectivity index (χ1) is 16.7. The molecule has 0 saturated carbocycles. The zero-order chi connectivity index (χ0) is 22.9. The third-order valence-corrected chi connectivity index (χ3v) is 6.95. The first kappa shape index (κ1) is 20.9. The number of amides is 2. The summed E-state index contributed by atoms with van der Waals surface area (Å²) in [6.07, 6.45) is 4.13. The van der Waals surface area contributed by atoms with Crippen LogP contribution in [0.3, 0.4) is 0 Å². The van der Waals surface area contributed by atoms with Crippen molar-refractivity contribution in [2.75, 3.05) is 12.1 Å². The summed E-state index contributed by atoms with van der Waals surface area (Å²) in [5, 5.41) is 18.6. The van der Waals surface area contributed by atoms with E-state index >= 15 is 0 Å². The van der Waals surface area contributed by atoms with Crippen LogP contribution in [0.5, 0.6) is 11.5 Å². The van der Waals surface area contributed by atoms with Crippen LogP contribution in [0.25, 0.3) is 0 Å². The summed E-state index contributed by atoms with van der Waals surface area (Å²) >= 11 is 0. The van der Waals surface area contributed by atoms with Gasteiger partial charge < -0.3 is 20.1 Å². The molecule has 2 N–H and O–H groups in total. The summed E-state index contributed by atoms with van der Waals surface area (Å²) in [7, 11) is 0. The van der Waals surface area contributed by atoms with Crippen molar-refractivity contribution in [3.8, 4) is 11.5 Å². The van der Waals surface area contributed by atoms with Crippen molar-refractivity contribution < 1.29 is 14.3 Å². The Morgan fingerprint density at radius 3 is 2.62 bits per heavy atom. The van der Waals surface area contributed by atoms with Gasteiger partial charge in [-0.25, -0.2) is 9.48 Å². The third-order valence-electron chi connectivity index (χ3n) is 6.95. The highest BCUT2D eigenvalue weighted by Gasteiger charge is 2.41. The van der Waals surface area contributed by atoms with Crippen molar-refractivity contribution in [3.05, 3.63) is 59.9 Å². The van der Waals surface area contributed by atoms with Crippen LogP contribution in [0.1, 0.15) is 37.1 Å². The number of tetrazole rings is 1. The number of rotatable bonds is 6. The number of piperidine rings is 1. The Morgan fingerprint density at radius 2 is 1.79 bits per heavy atom. The molecule has 2 fully saturated rings. The van der Waals surface area contributed by atoms with E-state index in [1.807, 2.05) is 53.2 Å². The number of fused-ring (bicyclic) bond motifs is 3. The van der Waals surface area contributed by atoms with Gasteiger partial charge in [-0.1, -0.05) is 24.3 Å². The summed E-state index contributed by atoms with van der Waals surface area (Å²) in [5.74, 6) is 2.38. The van der Waals surface area contributed by atoms with Crippen molar-refractivity contribution in [1.82, 2.24) is 30.4 Å². The van der Waals surface area contributed by atoms with Crippen molar-refractivity contribution in [2.45, 2.75) is 56.9 Å². The van der Waals surface area contributed by atoms with Gasteiger partial charge in [-0.05, 0) is 65.9 Å². The smallest absolute Gasteiger partial charge is 0.319 e. The van der Waals surface area contributed by atoms with E-state index in [1.54, 1.807) is 0 Å². The second kappa shape index (κ2) is 8.94. The van der Waals surface area contributed by atoms with E-state index in [4.69, 9.17) is 9.47 Å². The molecule has 0 unspecified atom stereocenters. The highest BCUT2D eigenvalue weighted by Crippen LogP contribution is 2.37. The molecule has 2 atom stereocenters. The van der Waals surface area contributed by atoms with E-state index in [1.165, 1.54) is 0 Å². The molecule has 2 amide bonds. The number of nitrogens with one attached hydrogen (secondary N) is 2. The molecule has 3 aliphatic rings. The Balaban J connectivity index is 1.07. The molecular formula is C24H27N7O3. The molecule has 6 rings (SSSR count). The minimum absolute atomic E-state index is 0.142. The predicted octanol–water partition coefficient (Wildman–Crippen LogP) is 2.77. The Hall–Kier alpha value is -3.66. The van der Waals surface area contributed by atoms with Gasteiger partial charge in [0.05, 0.1) is 13.1 Å². The molecular weight excluding hydrogens is 434 g/mol. The van der Waals surface area contributed by atoms with Gasteiger partial charge in [-0.2, -0.15) is 0 Å². The van der Waals surface area contributed by atoms with Gasteiger partial charge >= 0.3 is 6.03 Å². The number of ether oxygens (including phenoxy) is 2. The van der Waals surface area contributed by atoms with Crippen molar-refractivity contribution in [3.63, 3.8) is 0 Å². The standard InChI is InChI=1S/C24H27N7O3/c32-24(25-17-4-2-1-3-5-17)26-18-11-19-7-8-20(12-18)30(19)14-23-27-28-29-31(23)13-16-6-9-21-22(10-16)34-15-33-21/h1-6,9-10,18-20H,7-8,11-15H2,(H2,25,26,32)/t19-,20-/m0/s1. The normalized spacial score (nSPS) is 23.1. The number of anilines is 1. The van der Waals surface area contributed by atoms with Crippen LogP contribution in [0.2, 0.25) is 0 Å². The minimum atomic E-state index is -0.142. The molecule has 2 saturated heterocycles. The lowest BCUT2D eigenvalue weighted by Crippen LogP contribution is -2.51. The number of benzene rings is 2. The van der Waals surface area contributed by atoms with E-state index in [9.17, 15) is 4.79 Å². The lowest BCUT2D eigenvalue weighted by atomic mass is 9.97. The average Bonchev–Trinajstić information content (AvgIpc) is 3.53. The first-order valence-corrected chi connectivity index (χ1v) is 11.7. The summed E-state index contributed by atoms with van der Waals surface area (Å²) < 4.78 is 12.7. The van der Waals surface area contributed by atoms with Gasteiger partial charge in [-0.15, -0.1) is 5.10 Å². The van der Waals surface area contributed by atoms with Gasteiger partial charge in [0.1, 0.15) is 0 Å². The van der Waals surface area contributed by atoms with Gasteiger partial charge in [-0.3, -0.25) is 4.90 Å². The Bertz CT molecular complexity index is 1150. The third kappa shape index (κ3) is 4.28. The lowest BCUT2D eigenvalue weighted by molar-refractivity contribution is 0.107. The zero-order valence-corrected chi connectivity index (χ0v) is 18.8. The molecule has 34 heavy (non-hydrogen) atoms. The number of para-hydroxylation sites is 1. The SMILES string of the molecule is O=C(Nc1ccccc1)NC1C[C@@H]2CC[C@@H](C1)N2Cc1nnnn1Cc1ccc2c(c1)OCO2. The van der Waals surface area contributed by atoms with Gasteiger partial charge in [0, 0.05) is 23.8 Å². The fourth-order valence-electron chi connectivity index (χ4n) is 5.36. The highest BCUT2D eigenvalue weighted by atomic mass is 16.7. The topological polar surface area (TPSA) is 106 Å². The van der Waals surface area contributed by atoms with Crippen molar-refractivity contribution in [2.24, 2.45) is 0 Å². The van der Waals surface area contributed by atoms with Crippen LogP contribution >= 0.6 is 0 Å². The van der Waals surface area contributed by atoms with E-state index in [2.05, 4.69) is 31.1 Å². The number of carbonyl (C=O) groups is 1. The van der Waals surface area contributed by atoms with Crippen molar-refractivity contribution in [1.29, 1.82) is 0 Å². The average molecular weight is 462 g/mol. The van der Waals surface area contributed by atoms with Crippen LogP contribution in [0.4, 0.5) is 10.5 Å². The fourth-order valence-corrected chi connectivity index (χ4v) is 5.36. The van der Waals surface area contributed by atoms with Gasteiger partial charge in [0.15, 0.2) is 17.3 Å². The van der Waals surface area contributed by atoms with Crippen LogP contribution in [0.15, 0.2) is 48.5 Å². The molecule has 176 valence electrons. The number of carbonyl (C=O) groups excluding carboxylic acids is 1. The summed E-state index contributed by atoms with van der Waals surface area (Å²) in [4.78, 5) is 15.0. The molecule has 3 aliphatic heterocycles. The van der Waals surface area contributed by atoms with Crippen LogP contribution < -0.4 is 20.1 Å². The molecule has 0 radical (unpaired) electrons. The van der Waals surface area contributed by atoms with Crippen molar-refractivity contribution >= 4 is 11.7 Å². The zero-order valence-electron chi connectivity index (χ0n) is 18.8. The number of hydrogen-bond acceptors (Lipinski definition) is 7. The molecule has 10 heteroatoms. The quantitative estimate of drug-likeness (QED) is 0.581. The summed E-state index contributed by atoms with van der Waals surface area (Å²) in [6, 6.07) is 16.3. The van der Waals surface area contributed by atoms with Crippen LogP contribution in [-0.2, 0) is 13.1 Å². The maximum absolute atomic E-state index is 12.5. The summed E-state index contributed by atoms with van der Waals surface area (Å²) in [6.45, 7) is 1.54. The first-order valence-electron chi connectivity index (χ1n) is 11.7. The number of nitrogens with zero attached hydrogens (tertiary/aromatic N) is 5. The van der Waals surface area contributed by atoms with Gasteiger partial charge in [0.2, 0.25) is 6.79 Å². The van der Waals surface area contributed by atoms with Gasteiger partial charge in [0.25, 0.3) is 0 Å². The highest BCUT2D eigenvalue weighted by molar-refractivity contribution is 5.89. The molecule has 10 nitrogen and oxygen atoms in total. The number of hydrogen-bond donors (Lipinski definition) is 2. The monoisotopic (exact) mass is 461 g/mol. The second-order valence-electron chi connectivity index (χ2n) is 9.13. The largest absolute Gasteiger partial charge is 0.454 e. The molecule has 0 aliphatic carbocycles. The number of urea groups is 1. The molecule has 2 bridgehead atoms. The minimum Gasteiger partial charge on any atom is -0.454 e. The lowest BCUT2D eigenvalue weighted by Gasteiger charge is -2.38. The Labute approximate surface area is 197 Å². The maximum atomic E-state index is 12.5. The molecule has 1 aromatic heterocycles. The molecule has 4 heterocycles. The Kier molecular flexibility index (Phi) is 5.50. The number of aromatic nitrogens is 4. The van der Waals surface area contributed by atoms with E-state index < -0.39 is 0 Å². The predicted molar refractivity (Wildman–Crippen MR) is 123 cm³/mol.